The number of carbonyl (C=O) groups excluding carboxylic acids is 1. The van der Waals surface area contributed by atoms with Crippen LogP contribution in [0.4, 0.5) is 14.5 Å². The fraction of sp³-hybridized carbons (Fsp3) is 0.478. The second kappa shape index (κ2) is 8.88. The highest BCUT2D eigenvalue weighted by molar-refractivity contribution is 5.95. The lowest BCUT2D eigenvalue weighted by molar-refractivity contribution is -0.131. The summed E-state index contributed by atoms with van der Waals surface area (Å²) in [6.07, 6.45) is 0.363. The van der Waals surface area contributed by atoms with Crippen LogP contribution in [0, 0.1) is 17.6 Å². The Balaban J connectivity index is 1.91. The average molecular weight is 434 g/mol. The number of rotatable bonds is 6. The first-order valence-electron chi connectivity index (χ1n) is 10.2. The Morgan fingerprint density at radius 2 is 2.03 bits per heavy atom. The molecule has 6 nitrogen and oxygen atoms in total. The molecule has 1 aliphatic rings. The highest BCUT2D eigenvalue weighted by Gasteiger charge is 2.51. The molecule has 3 rings (SSSR count). The van der Waals surface area contributed by atoms with Gasteiger partial charge in [-0.2, -0.15) is 4.39 Å². The Morgan fingerprint density at radius 3 is 2.61 bits per heavy atom. The first-order valence-corrected chi connectivity index (χ1v) is 10.2. The summed E-state index contributed by atoms with van der Waals surface area (Å²) in [6, 6.07) is 5.76. The number of ether oxygens (including phenoxy) is 2. The van der Waals surface area contributed by atoms with E-state index in [1.807, 2.05) is 27.7 Å². The maximum Gasteiger partial charge on any atom is 0.254 e. The van der Waals surface area contributed by atoms with Crippen molar-refractivity contribution in [1.82, 2.24) is 4.98 Å². The monoisotopic (exact) mass is 434 g/mol. The summed E-state index contributed by atoms with van der Waals surface area (Å²) >= 11 is 0. The Bertz CT molecular complexity index is 949. The Hall–Kier alpha value is -2.58. The van der Waals surface area contributed by atoms with Gasteiger partial charge < -0.3 is 19.9 Å². The predicted molar refractivity (Wildman–Crippen MR) is 112 cm³/mol. The summed E-state index contributed by atoms with van der Waals surface area (Å²) in [5.74, 6) is -3.52. The molecule has 2 N–H and O–H groups in total. The van der Waals surface area contributed by atoms with Crippen molar-refractivity contribution in [3.05, 3.63) is 53.4 Å². The van der Waals surface area contributed by atoms with Crippen LogP contribution in [0.2, 0.25) is 0 Å². The summed E-state index contributed by atoms with van der Waals surface area (Å²) in [4.78, 5) is 17.3. The number of aromatic nitrogens is 1. The first kappa shape index (κ1) is 23.1. The van der Waals surface area contributed by atoms with Gasteiger partial charge in [-0.05, 0) is 44.4 Å². The molecule has 0 radical (unpaired) electrons. The number of nitrogens with one attached hydrogen (secondary N) is 1. The Labute approximate surface area is 180 Å². The lowest BCUT2D eigenvalue weighted by atomic mass is 9.78. The highest BCUT2D eigenvalue weighted by atomic mass is 19.2. The van der Waals surface area contributed by atoms with Crippen molar-refractivity contribution in [3.8, 4) is 5.75 Å². The number of hydrogen-bond acceptors (Lipinski definition) is 5. The van der Waals surface area contributed by atoms with Crippen LogP contribution in [0.5, 0.6) is 5.75 Å². The number of anilines is 1. The number of amides is 1. The molecule has 168 valence electrons. The fourth-order valence-corrected chi connectivity index (χ4v) is 3.97. The third-order valence-electron chi connectivity index (χ3n) is 6.08. The van der Waals surface area contributed by atoms with Crippen LogP contribution >= 0.6 is 0 Å². The molecule has 8 heteroatoms. The van der Waals surface area contributed by atoms with E-state index in [0.717, 1.165) is 6.07 Å². The zero-order chi connectivity index (χ0) is 22.9. The number of hydrogen-bond donors (Lipinski definition) is 2. The number of pyridine rings is 1. The van der Waals surface area contributed by atoms with E-state index in [2.05, 4.69) is 10.3 Å². The van der Waals surface area contributed by atoms with Gasteiger partial charge in [0.15, 0.2) is 11.6 Å². The minimum absolute atomic E-state index is 0.192. The lowest BCUT2D eigenvalue weighted by Gasteiger charge is -2.25. The Morgan fingerprint density at radius 1 is 1.32 bits per heavy atom. The van der Waals surface area contributed by atoms with Gasteiger partial charge >= 0.3 is 0 Å². The van der Waals surface area contributed by atoms with Crippen molar-refractivity contribution in [3.63, 3.8) is 0 Å². The van der Waals surface area contributed by atoms with E-state index in [9.17, 15) is 18.7 Å². The minimum atomic E-state index is -1.09. The second-order valence-corrected chi connectivity index (χ2v) is 8.33. The number of aliphatic hydroxyl groups is 1. The van der Waals surface area contributed by atoms with Crippen LogP contribution in [0.15, 0.2) is 30.5 Å². The van der Waals surface area contributed by atoms with Crippen LogP contribution in [0.1, 0.15) is 57.4 Å². The molecular weight excluding hydrogens is 406 g/mol. The van der Waals surface area contributed by atoms with E-state index in [1.165, 1.54) is 19.4 Å². The van der Waals surface area contributed by atoms with Gasteiger partial charge in [0, 0.05) is 11.5 Å². The topological polar surface area (TPSA) is 80.7 Å². The minimum Gasteiger partial charge on any atom is -0.493 e. The van der Waals surface area contributed by atoms with Gasteiger partial charge in [0.2, 0.25) is 5.82 Å². The number of carbonyl (C=O) groups is 1. The van der Waals surface area contributed by atoms with Gasteiger partial charge in [0.05, 0.1) is 36.4 Å². The Kier molecular flexibility index (Phi) is 6.62. The number of aliphatic hydroxyl groups excluding tert-OH is 1. The van der Waals surface area contributed by atoms with Gasteiger partial charge in [-0.15, -0.1) is 0 Å². The first-order chi connectivity index (χ1) is 14.6. The molecule has 0 aliphatic carbocycles. The van der Waals surface area contributed by atoms with Crippen molar-refractivity contribution in [2.45, 2.75) is 57.8 Å². The smallest absolute Gasteiger partial charge is 0.254 e. The van der Waals surface area contributed by atoms with E-state index in [1.54, 1.807) is 12.1 Å². The number of halogens is 2. The standard InChI is InChI=1S/C23H28F2N2O4/c1-6-17(28)16-10-7-13(11-26-16)27-22(29)21-18(12(2)23(3,4)31-21)14-8-9-15(24)19(25)20(14)30-5/h7-12,17-18,21,28H,6H2,1-5H3,(H,27,29)/t12-,17+,18-,21+/m0/s1. The van der Waals surface area contributed by atoms with Crippen molar-refractivity contribution < 1.29 is 28.2 Å². The van der Waals surface area contributed by atoms with Gasteiger partial charge in [0.25, 0.3) is 5.91 Å². The normalized spacial score (nSPS) is 23.4. The number of methoxy groups -OCH3 is 1. The van der Waals surface area contributed by atoms with Crippen molar-refractivity contribution in [2.75, 3.05) is 12.4 Å². The summed E-state index contributed by atoms with van der Waals surface area (Å²) in [6.45, 7) is 7.45. The van der Waals surface area contributed by atoms with Gasteiger partial charge in [-0.25, -0.2) is 4.39 Å². The van der Waals surface area contributed by atoms with E-state index in [0.29, 0.717) is 23.4 Å². The van der Waals surface area contributed by atoms with Crippen LogP contribution in [-0.2, 0) is 9.53 Å². The van der Waals surface area contributed by atoms with Crippen LogP contribution in [-0.4, -0.2) is 34.8 Å². The molecule has 1 saturated heterocycles. The molecule has 0 saturated carbocycles. The van der Waals surface area contributed by atoms with Gasteiger partial charge in [0.1, 0.15) is 6.10 Å². The maximum absolute atomic E-state index is 14.4. The summed E-state index contributed by atoms with van der Waals surface area (Å²) < 4.78 is 39.3. The third-order valence-corrected chi connectivity index (χ3v) is 6.08. The van der Waals surface area contributed by atoms with E-state index in [-0.39, 0.29) is 11.7 Å². The second-order valence-electron chi connectivity index (χ2n) is 8.33. The maximum atomic E-state index is 14.4. The zero-order valence-electron chi connectivity index (χ0n) is 18.3. The zero-order valence-corrected chi connectivity index (χ0v) is 18.3. The summed E-state index contributed by atoms with van der Waals surface area (Å²) in [5.41, 5.74) is 0.639. The quantitative estimate of drug-likeness (QED) is 0.707. The average Bonchev–Trinajstić information content (AvgIpc) is 2.99. The molecule has 0 unspecified atom stereocenters. The van der Waals surface area contributed by atoms with Gasteiger partial charge in [-0.1, -0.05) is 19.9 Å². The SMILES string of the molecule is CC[C@@H](O)c1ccc(NC(=O)[C@@H]2OC(C)(C)[C@@H](C)[C@H]2c2ccc(F)c(F)c2OC)cn1. The van der Waals surface area contributed by atoms with E-state index < -0.39 is 41.3 Å². The van der Waals surface area contributed by atoms with Crippen molar-refractivity contribution >= 4 is 11.6 Å². The molecule has 1 fully saturated rings. The molecular formula is C23H28F2N2O4. The summed E-state index contributed by atoms with van der Waals surface area (Å²) in [7, 11) is 1.26. The van der Waals surface area contributed by atoms with Gasteiger partial charge in [-0.3, -0.25) is 9.78 Å². The van der Waals surface area contributed by atoms with Crippen molar-refractivity contribution in [2.24, 2.45) is 5.92 Å². The predicted octanol–water partition coefficient (Wildman–Crippen LogP) is 4.35. The van der Waals surface area contributed by atoms with E-state index in [4.69, 9.17) is 9.47 Å². The number of nitrogens with zero attached hydrogens (tertiary/aromatic N) is 1. The molecule has 0 spiro atoms. The summed E-state index contributed by atoms with van der Waals surface area (Å²) in [5, 5.41) is 12.6. The molecule has 1 amide bonds. The highest BCUT2D eigenvalue weighted by Crippen LogP contribution is 2.49. The van der Waals surface area contributed by atoms with Crippen LogP contribution in [0.3, 0.4) is 0 Å². The molecule has 4 atom stereocenters. The van der Waals surface area contributed by atoms with Crippen molar-refractivity contribution in [1.29, 1.82) is 0 Å². The molecule has 1 aromatic heterocycles. The molecule has 2 heterocycles. The third kappa shape index (κ3) is 4.41. The van der Waals surface area contributed by atoms with Crippen LogP contribution in [0.25, 0.3) is 0 Å². The molecule has 2 aromatic rings. The molecule has 31 heavy (non-hydrogen) atoms. The number of benzene rings is 1. The van der Waals surface area contributed by atoms with Crippen LogP contribution < -0.4 is 10.1 Å². The largest absolute Gasteiger partial charge is 0.493 e. The van der Waals surface area contributed by atoms with E-state index >= 15 is 0 Å². The molecule has 1 aromatic carbocycles. The molecule has 0 bridgehead atoms. The lowest BCUT2D eigenvalue weighted by Crippen LogP contribution is -2.33. The fourth-order valence-electron chi connectivity index (χ4n) is 3.97. The molecule has 1 aliphatic heterocycles.